The molecule has 2 aliphatic heterocycles. The summed E-state index contributed by atoms with van der Waals surface area (Å²) in [6, 6.07) is 3.87. The monoisotopic (exact) mass is 308 g/mol. The van der Waals surface area contributed by atoms with Crippen LogP contribution in [0.4, 0.5) is 4.79 Å². The van der Waals surface area contributed by atoms with Crippen LogP contribution < -0.4 is 0 Å². The number of urea groups is 1. The molecule has 0 spiro atoms. The molecule has 114 valence electrons. The standard InChI is InChI=1S/C15H20N2O3S/c18-13(14-4-2-10-21-14)11-12-3-1-5-17(12)15(19)16-6-8-20-9-7-16/h2,4,10,12H,1,3,5-9,11H2. The Balaban J connectivity index is 1.62. The molecule has 1 atom stereocenters. The fourth-order valence-corrected chi connectivity index (χ4v) is 3.66. The van der Waals surface area contributed by atoms with E-state index in [9.17, 15) is 9.59 Å². The molecule has 3 heterocycles. The van der Waals surface area contributed by atoms with Crippen molar-refractivity contribution in [3.05, 3.63) is 22.4 Å². The summed E-state index contributed by atoms with van der Waals surface area (Å²) in [5.41, 5.74) is 0. The highest BCUT2D eigenvalue weighted by Crippen LogP contribution is 2.24. The number of morpholine rings is 1. The normalized spacial score (nSPS) is 22.6. The third kappa shape index (κ3) is 3.27. The minimum Gasteiger partial charge on any atom is -0.378 e. The summed E-state index contributed by atoms with van der Waals surface area (Å²) in [6.07, 6.45) is 2.35. The quantitative estimate of drug-likeness (QED) is 0.805. The zero-order valence-electron chi connectivity index (χ0n) is 12.0. The molecule has 1 aromatic rings. The van der Waals surface area contributed by atoms with Gasteiger partial charge in [0, 0.05) is 32.1 Å². The minimum absolute atomic E-state index is 0.0509. The maximum Gasteiger partial charge on any atom is 0.320 e. The molecule has 0 aromatic carbocycles. The third-order valence-corrected chi connectivity index (χ3v) is 5.03. The number of thiophene rings is 1. The van der Waals surface area contributed by atoms with E-state index in [1.54, 1.807) is 0 Å². The number of Topliss-reactive ketones (excluding diaryl/α,β-unsaturated/α-hetero) is 1. The number of rotatable bonds is 3. The first-order valence-corrected chi connectivity index (χ1v) is 8.33. The first-order chi connectivity index (χ1) is 10.3. The number of ether oxygens (including phenoxy) is 1. The van der Waals surface area contributed by atoms with Crippen molar-refractivity contribution in [3.8, 4) is 0 Å². The van der Waals surface area contributed by atoms with Crippen molar-refractivity contribution < 1.29 is 14.3 Å². The molecule has 2 aliphatic rings. The van der Waals surface area contributed by atoms with E-state index in [-0.39, 0.29) is 17.9 Å². The summed E-state index contributed by atoms with van der Waals surface area (Å²) in [6.45, 7) is 3.29. The number of carbonyl (C=O) groups is 2. The highest BCUT2D eigenvalue weighted by atomic mass is 32.1. The van der Waals surface area contributed by atoms with Crippen molar-refractivity contribution >= 4 is 23.2 Å². The predicted octanol–water partition coefficient (Wildman–Crippen LogP) is 2.24. The number of amides is 2. The fraction of sp³-hybridized carbons (Fsp3) is 0.600. The van der Waals surface area contributed by atoms with E-state index in [1.165, 1.54) is 11.3 Å². The van der Waals surface area contributed by atoms with E-state index in [0.717, 1.165) is 24.3 Å². The van der Waals surface area contributed by atoms with E-state index in [0.29, 0.717) is 32.7 Å². The lowest BCUT2D eigenvalue weighted by Gasteiger charge is -2.33. The summed E-state index contributed by atoms with van der Waals surface area (Å²) >= 11 is 1.47. The molecule has 0 saturated carbocycles. The topological polar surface area (TPSA) is 49.9 Å². The molecule has 2 fully saturated rings. The van der Waals surface area contributed by atoms with Gasteiger partial charge in [0.2, 0.25) is 0 Å². The van der Waals surface area contributed by atoms with Crippen LogP contribution in [0.5, 0.6) is 0 Å². The Morgan fingerprint density at radius 1 is 1.29 bits per heavy atom. The Morgan fingerprint density at radius 3 is 2.81 bits per heavy atom. The van der Waals surface area contributed by atoms with Gasteiger partial charge in [-0.3, -0.25) is 4.79 Å². The number of nitrogens with zero attached hydrogens (tertiary/aromatic N) is 2. The van der Waals surface area contributed by atoms with Gasteiger partial charge in [0.1, 0.15) is 0 Å². The number of likely N-dealkylation sites (tertiary alicyclic amines) is 1. The van der Waals surface area contributed by atoms with Crippen molar-refractivity contribution in [1.82, 2.24) is 9.80 Å². The average Bonchev–Trinajstić information content (AvgIpc) is 3.19. The van der Waals surface area contributed by atoms with Crippen molar-refractivity contribution in [1.29, 1.82) is 0 Å². The van der Waals surface area contributed by atoms with Crippen molar-refractivity contribution in [2.75, 3.05) is 32.8 Å². The summed E-state index contributed by atoms with van der Waals surface area (Å²) in [7, 11) is 0. The molecular formula is C15H20N2O3S. The number of ketones is 1. The van der Waals surface area contributed by atoms with Gasteiger partial charge in [-0.15, -0.1) is 11.3 Å². The molecule has 5 nitrogen and oxygen atoms in total. The summed E-state index contributed by atoms with van der Waals surface area (Å²) in [4.78, 5) is 29.3. The van der Waals surface area contributed by atoms with Gasteiger partial charge in [-0.05, 0) is 24.3 Å². The smallest absolute Gasteiger partial charge is 0.320 e. The van der Waals surface area contributed by atoms with Gasteiger partial charge >= 0.3 is 6.03 Å². The first kappa shape index (κ1) is 14.5. The molecule has 6 heteroatoms. The Hall–Kier alpha value is -1.40. The minimum atomic E-state index is 0.0509. The van der Waals surface area contributed by atoms with Crippen LogP contribution in [0.25, 0.3) is 0 Å². The Kier molecular flexibility index (Phi) is 4.55. The Labute approximate surface area is 128 Å². The predicted molar refractivity (Wildman–Crippen MR) is 80.8 cm³/mol. The van der Waals surface area contributed by atoms with Crippen molar-refractivity contribution in [2.45, 2.75) is 25.3 Å². The molecule has 0 aliphatic carbocycles. The highest BCUT2D eigenvalue weighted by Gasteiger charge is 2.33. The number of carbonyl (C=O) groups excluding carboxylic acids is 2. The molecular weight excluding hydrogens is 288 g/mol. The van der Waals surface area contributed by atoms with E-state index in [1.807, 2.05) is 27.3 Å². The number of hydrogen-bond donors (Lipinski definition) is 0. The first-order valence-electron chi connectivity index (χ1n) is 7.45. The van der Waals surface area contributed by atoms with Gasteiger partial charge in [0.05, 0.1) is 18.1 Å². The summed E-state index contributed by atoms with van der Waals surface area (Å²) in [5, 5.41) is 1.92. The van der Waals surface area contributed by atoms with Gasteiger partial charge in [-0.25, -0.2) is 4.79 Å². The van der Waals surface area contributed by atoms with Gasteiger partial charge in [-0.2, -0.15) is 0 Å². The van der Waals surface area contributed by atoms with Crippen LogP contribution in [0.15, 0.2) is 17.5 Å². The fourth-order valence-electron chi connectivity index (χ4n) is 2.99. The molecule has 21 heavy (non-hydrogen) atoms. The van der Waals surface area contributed by atoms with Gasteiger partial charge in [0.25, 0.3) is 0 Å². The molecule has 0 N–H and O–H groups in total. The van der Waals surface area contributed by atoms with Gasteiger partial charge in [-0.1, -0.05) is 6.07 Å². The van der Waals surface area contributed by atoms with Crippen LogP contribution in [-0.4, -0.2) is 60.5 Å². The Morgan fingerprint density at radius 2 is 2.10 bits per heavy atom. The zero-order chi connectivity index (χ0) is 14.7. The van der Waals surface area contributed by atoms with Crippen LogP contribution in [0.3, 0.4) is 0 Å². The molecule has 1 aromatic heterocycles. The SMILES string of the molecule is O=C(CC1CCCN1C(=O)N1CCOCC1)c1cccs1. The second-order valence-corrected chi connectivity index (χ2v) is 6.42. The third-order valence-electron chi connectivity index (χ3n) is 4.12. The molecule has 0 bridgehead atoms. The maximum absolute atomic E-state index is 12.6. The second kappa shape index (κ2) is 6.58. The highest BCUT2D eigenvalue weighted by molar-refractivity contribution is 7.12. The summed E-state index contributed by atoms with van der Waals surface area (Å²) < 4.78 is 5.29. The van der Waals surface area contributed by atoms with Crippen molar-refractivity contribution in [3.63, 3.8) is 0 Å². The summed E-state index contributed by atoms with van der Waals surface area (Å²) in [5.74, 6) is 0.150. The van der Waals surface area contributed by atoms with E-state index in [4.69, 9.17) is 4.74 Å². The van der Waals surface area contributed by atoms with Gasteiger partial charge < -0.3 is 14.5 Å². The number of hydrogen-bond acceptors (Lipinski definition) is 4. The van der Waals surface area contributed by atoms with E-state index >= 15 is 0 Å². The lowest BCUT2D eigenvalue weighted by Crippen LogP contribution is -2.50. The van der Waals surface area contributed by atoms with Crippen LogP contribution in [-0.2, 0) is 4.74 Å². The van der Waals surface area contributed by atoms with Crippen LogP contribution >= 0.6 is 11.3 Å². The van der Waals surface area contributed by atoms with Crippen LogP contribution in [0.1, 0.15) is 28.9 Å². The average molecular weight is 308 g/mol. The molecule has 1 unspecified atom stereocenters. The molecule has 3 rings (SSSR count). The van der Waals surface area contributed by atoms with E-state index in [2.05, 4.69) is 0 Å². The zero-order valence-corrected chi connectivity index (χ0v) is 12.8. The Bertz CT molecular complexity index is 497. The van der Waals surface area contributed by atoms with Crippen LogP contribution in [0.2, 0.25) is 0 Å². The second-order valence-electron chi connectivity index (χ2n) is 5.48. The largest absolute Gasteiger partial charge is 0.378 e. The maximum atomic E-state index is 12.6. The molecule has 0 radical (unpaired) electrons. The van der Waals surface area contributed by atoms with E-state index < -0.39 is 0 Å². The molecule has 2 saturated heterocycles. The van der Waals surface area contributed by atoms with Crippen molar-refractivity contribution in [2.24, 2.45) is 0 Å². The van der Waals surface area contributed by atoms with Crippen LogP contribution in [0, 0.1) is 0 Å². The lowest BCUT2D eigenvalue weighted by molar-refractivity contribution is 0.0418. The van der Waals surface area contributed by atoms with Gasteiger partial charge in [0.15, 0.2) is 5.78 Å². The lowest BCUT2D eigenvalue weighted by atomic mass is 10.1. The molecule has 2 amide bonds.